The van der Waals surface area contributed by atoms with E-state index in [-0.39, 0.29) is 31.1 Å². The molecule has 0 aliphatic carbocycles. The van der Waals surface area contributed by atoms with Crippen LogP contribution in [-0.4, -0.2) is 37.2 Å². The molecule has 0 rings (SSSR count). The Bertz CT molecular complexity index is 967. The van der Waals surface area contributed by atoms with Crippen molar-refractivity contribution < 1.29 is 28.6 Å². The van der Waals surface area contributed by atoms with Crippen molar-refractivity contribution in [1.29, 1.82) is 0 Å². The Morgan fingerprint density at radius 2 is 0.415 bits per heavy atom. The molecule has 0 radical (unpaired) electrons. The lowest BCUT2D eigenvalue weighted by molar-refractivity contribution is -0.167. The van der Waals surface area contributed by atoms with Gasteiger partial charge in [0.05, 0.1) is 0 Å². The van der Waals surface area contributed by atoms with Crippen LogP contribution in [-0.2, 0) is 28.6 Å². The Morgan fingerprint density at radius 1 is 0.246 bits per heavy atom. The van der Waals surface area contributed by atoms with Crippen molar-refractivity contribution in [2.24, 2.45) is 0 Å². The van der Waals surface area contributed by atoms with Crippen molar-refractivity contribution in [1.82, 2.24) is 0 Å². The molecule has 0 amide bonds. The maximum absolute atomic E-state index is 12.8. The summed E-state index contributed by atoms with van der Waals surface area (Å²) in [4.78, 5) is 38.0. The van der Waals surface area contributed by atoms with Gasteiger partial charge >= 0.3 is 17.9 Å². The SMILES string of the molecule is CCCCCCCCCCCCCCCCCCCCCCCCCC(=O)OCC(COC(=O)CCCCCCCCCC)OC(=O)CCCCCCCCCCCCCCCCCC. The van der Waals surface area contributed by atoms with Gasteiger partial charge in [0, 0.05) is 19.3 Å². The van der Waals surface area contributed by atoms with Crippen LogP contribution < -0.4 is 0 Å². The van der Waals surface area contributed by atoms with Gasteiger partial charge in [-0.25, -0.2) is 0 Å². The standard InChI is InChI=1S/C59H114O6/c1-4-7-10-13-16-19-21-23-25-27-28-29-30-31-32-33-35-36-38-40-43-46-49-52-58(61)64-55-56(54-63-57(60)51-48-45-42-18-15-12-9-6-3)65-59(62)53-50-47-44-41-39-37-34-26-24-22-20-17-14-11-8-5-2/h56H,4-55H2,1-3H3. The highest BCUT2D eigenvalue weighted by Gasteiger charge is 2.19. The summed E-state index contributed by atoms with van der Waals surface area (Å²) in [6.45, 7) is 6.68. The molecule has 6 nitrogen and oxygen atoms in total. The predicted octanol–water partition coefficient (Wildman–Crippen LogP) is 19.5. The van der Waals surface area contributed by atoms with E-state index in [1.165, 1.54) is 244 Å². The van der Waals surface area contributed by atoms with Gasteiger partial charge in [-0.15, -0.1) is 0 Å². The summed E-state index contributed by atoms with van der Waals surface area (Å²) in [5, 5.41) is 0. The monoisotopic (exact) mass is 919 g/mol. The van der Waals surface area contributed by atoms with E-state index in [0.29, 0.717) is 19.3 Å². The van der Waals surface area contributed by atoms with E-state index in [1.807, 2.05) is 0 Å². The molecule has 0 saturated carbocycles. The third kappa shape index (κ3) is 53.2. The molecule has 65 heavy (non-hydrogen) atoms. The van der Waals surface area contributed by atoms with Crippen LogP contribution in [0.2, 0.25) is 0 Å². The number of carbonyl (C=O) groups is 3. The first kappa shape index (κ1) is 63.4. The number of carbonyl (C=O) groups excluding carboxylic acids is 3. The quantitative estimate of drug-likeness (QED) is 0.0344. The van der Waals surface area contributed by atoms with Gasteiger partial charge in [0.25, 0.3) is 0 Å². The first-order valence-electron chi connectivity index (χ1n) is 29.5. The zero-order chi connectivity index (χ0) is 47.2. The average molecular weight is 920 g/mol. The maximum Gasteiger partial charge on any atom is 0.306 e. The normalized spacial score (nSPS) is 11.9. The van der Waals surface area contributed by atoms with Crippen LogP contribution in [0.1, 0.15) is 342 Å². The van der Waals surface area contributed by atoms with Crippen LogP contribution in [0.4, 0.5) is 0 Å². The summed E-state index contributed by atoms with van der Waals surface area (Å²) in [6.07, 6.45) is 61.2. The molecule has 0 bridgehead atoms. The van der Waals surface area contributed by atoms with Gasteiger partial charge in [-0.2, -0.15) is 0 Å². The highest BCUT2D eigenvalue weighted by Crippen LogP contribution is 2.18. The summed E-state index contributed by atoms with van der Waals surface area (Å²) in [5.41, 5.74) is 0. The highest BCUT2D eigenvalue weighted by molar-refractivity contribution is 5.71. The van der Waals surface area contributed by atoms with E-state index in [1.54, 1.807) is 0 Å². The van der Waals surface area contributed by atoms with Gasteiger partial charge in [-0.1, -0.05) is 303 Å². The molecule has 0 saturated heterocycles. The predicted molar refractivity (Wildman–Crippen MR) is 280 cm³/mol. The fourth-order valence-electron chi connectivity index (χ4n) is 9.15. The van der Waals surface area contributed by atoms with E-state index < -0.39 is 6.10 Å². The number of esters is 3. The molecule has 0 heterocycles. The fraction of sp³-hybridized carbons (Fsp3) is 0.949. The Kier molecular flexibility index (Phi) is 53.7. The van der Waals surface area contributed by atoms with Crippen LogP contribution in [0.25, 0.3) is 0 Å². The lowest BCUT2D eigenvalue weighted by Crippen LogP contribution is -2.30. The van der Waals surface area contributed by atoms with E-state index in [9.17, 15) is 14.4 Å². The summed E-state index contributed by atoms with van der Waals surface area (Å²) in [7, 11) is 0. The van der Waals surface area contributed by atoms with Gasteiger partial charge in [0.15, 0.2) is 6.10 Å². The summed E-state index contributed by atoms with van der Waals surface area (Å²) in [6, 6.07) is 0. The van der Waals surface area contributed by atoms with Gasteiger partial charge in [-0.3, -0.25) is 14.4 Å². The highest BCUT2D eigenvalue weighted by atomic mass is 16.6. The first-order chi connectivity index (χ1) is 32.0. The molecule has 6 heteroatoms. The second-order valence-electron chi connectivity index (χ2n) is 20.3. The van der Waals surface area contributed by atoms with Crippen molar-refractivity contribution >= 4 is 17.9 Å². The Balaban J connectivity index is 4.11. The van der Waals surface area contributed by atoms with E-state index >= 15 is 0 Å². The molecule has 0 N–H and O–H groups in total. The van der Waals surface area contributed by atoms with Crippen LogP contribution in [0.15, 0.2) is 0 Å². The van der Waals surface area contributed by atoms with E-state index in [4.69, 9.17) is 14.2 Å². The minimum absolute atomic E-state index is 0.0616. The molecule has 0 spiro atoms. The number of rotatable bonds is 55. The minimum atomic E-state index is -0.760. The lowest BCUT2D eigenvalue weighted by Gasteiger charge is -2.18. The Labute approximate surface area is 406 Å². The second-order valence-corrected chi connectivity index (χ2v) is 20.3. The average Bonchev–Trinajstić information content (AvgIpc) is 3.30. The lowest BCUT2D eigenvalue weighted by atomic mass is 10.0. The zero-order valence-electron chi connectivity index (χ0n) is 44.3. The molecule has 1 unspecified atom stereocenters. The smallest absolute Gasteiger partial charge is 0.306 e. The van der Waals surface area contributed by atoms with Crippen LogP contribution >= 0.6 is 0 Å². The van der Waals surface area contributed by atoms with Crippen molar-refractivity contribution in [3.63, 3.8) is 0 Å². The number of hydrogen-bond donors (Lipinski definition) is 0. The summed E-state index contributed by atoms with van der Waals surface area (Å²) >= 11 is 0. The zero-order valence-corrected chi connectivity index (χ0v) is 44.3. The van der Waals surface area contributed by atoms with Crippen molar-refractivity contribution in [2.75, 3.05) is 13.2 Å². The van der Waals surface area contributed by atoms with Crippen LogP contribution in [0, 0.1) is 0 Å². The summed E-state index contributed by atoms with van der Waals surface area (Å²) < 4.78 is 16.8. The minimum Gasteiger partial charge on any atom is -0.462 e. The largest absolute Gasteiger partial charge is 0.462 e. The first-order valence-corrected chi connectivity index (χ1v) is 29.5. The molecule has 0 fully saturated rings. The third-order valence-electron chi connectivity index (χ3n) is 13.6. The Morgan fingerprint density at radius 3 is 0.615 bits per heavy atom. The third-order valence-corrected chi connectivity index (χ3v) is 13.6. The number of hydrogen-bond acceptors (Lipinski definition) is 6. The van der Waals surface area contributed by atoms with Crippen molar-refractivity contribution in [3.05, 3.63) is 0 Å². The van der Waals surface area contributed by atoms with Crippen molar-refractivity contribution in [3.8, 4) is 0 Å². The molecular formula is C59H114O6. The van der Waals surface area contributed by atoms with Gasteiger partial charge < -0.3 is 14.2 Å². The Hall–Kier alpha value is -1.59. The molecule has 0 aliphatic heterocycles. The number of ether oxygens (including phenoxy) is 3. The topological polar surface area (TPSA) is 78.9 Å². The van der Waals surface area contributed by atoms with Crippen LogP contribution in [0.5, 0.6) is 0 Å². The molecule has 0 aromatic carbocycles. The van der Waals surface area contributed by atoms with Gasteiger partial charge in [0.2, 0.25) is 0 Å². The van der Waals surface area contributed by atoms with Gasteiger partial charge in [-0.05, 0) is 19.3 Å². The van der Waals surface area contributed by atoms with Crippen molar-refractivity contribution in [2.45, 2.75) is 348 Å². The molecule has 0 aromatic heterocycles. The molecule has 0 aromatic rings. The maximum atomic E-state index is 12.8. The van der Waals surface area contributed by atoms with Gasteiger partial charge in [0.1, 0.15) is 13.2 Å². The van der Waals surface area contributed by atoms with E-state index in [0.717, 1.165) is 57.8 Å². The molecular weight excluding hydrogens is 805 g/mol. The van der Waals surface area contributed by atoms with Crippen LogP contribution in [0.3, 0.4) is 0 Å². The fourth-order valence-corrected chi connectivity index (χ4v) is 9.15. The molecule has 386 valence electrons. The second kappa shape index (κ2) is 55.0. The van der Waals surface area contributed by atoms with E-state index in [2.05, 4.69) is 20.8 Å². The molecule has 1 atom stereocenters. The summed E-state index contributed by atoms with van der Waals surface area (Å²) in [5.74, 6) is -0.839. The molecule has 0 aliphatic rings. The number of unbranched alkanes of at least 4 members (excludes halogenated alkanes) is 44.